The predicted octanol–water partition coefficient (Wildman–Crippen LogP) is 3.96. The van der Waals surface area contributed by atoms with Crippen molar-refractivity contribution in [1.29, 1.82) is 0 Å². The maximum Gasteiger partial charge on any atom is 0.249 e. The van der Waals surface area contributed by atoms with Crippen molar-refractivity contribution in [2.45, 2.75) is 25.8 Å². The molecule has 2 aromatic carbocycles. The number of halogens is 1. The Morgan fingerprint density at radius 2 is 2.14 bits per heavy atom. The number of fused-ring (bicyclic) bond motifs is 1. The molecule has 0 heterocycles. The van der Waals surface area contributed by atoms with Gasteiger partial charge in [-0.1, -0.05) is 28.1 Å². The third-order valence-corrected chi connectivity index (χ3v) is 4.61. The van der Waals surface area contributed by atoms with Crippen molar-refractivity contribution in [1.82, 2.24) is 0 Å². The zero-order chi connectivity index (χ0) is 15.0. The number of hydrogen-bond acceptors (Lipinski definition) is 2. The molecule has 0 aromatic heterocycles. The number of carbonyl (C=O) groups is 1. The van der Waals surface area contributed by atoms with Gasteiger partial charge in [0.05, 0.1) is 6.04 Å². The van der Waals surface area contributed by atoms with Crippen LogP contribution in [0.15, 0.2) is 40.9 Å². The molecule has 2 aromatic rings. The van der Waals surface area contributed by atoms with E-state index in [0.717, 1.165) is 28.6 Å². The predicted molar refractivity (Wildman–Crippen MR) is 88.5 cm³/mol. The van der Waals surface area contributed by atoms with Gasteiger partial charge >= 0.3 is 0 Å². The van der Waals surface area contributed by atoms with E-state index in [9.17, 15) is 4.79 Å². The van der Waals surface area contributed by atoms with Crippen LogP contribution in [0.1, 0.15) is 39.5 Å². The number of rotatable bonds is 3. The van der Waals surface area contributed by atoms with Crippen LogP contribution >= 0.6 is 15.9 Å². The normalized spacial score (nSPS) is 16.6. The molecule has 4 heteroatoms. The molecule has 3 nitrogen and oxygen atoms in total. The minimum absolute atomic E-state index is 0.287. The van der Waals surface area contributed by atoms with Crippen LogP contribution in [0.3, 0.4) is 0 Å². The highest BCUT2D eigenvalue weighted by Gasteiger charge is 2.23. The molecule has 21 heavy (non-hydrogen) atoms. The maximum atomic E-state index is 11.4. The van der Waals surface area contributed by atoms with Crippen molar-refractivity contribution in [2.24, 2.45) is 5.73 Å². The zero-order valence-corrected chi connectivity index (χ0v) is 13.4. The lowest BCUT2D eigenvalue weighted by Gasteiger charge is -2.18. The Bertz CT molecular complexity index is 712. The molecule has 0 saturated heterocycles. The Morgan fingerprint density at radius 3 is 2.90 bits per heavy atom. The lowest BCUT2D eigenvalue weighted by atomic mass is 10.0. The Hall–Kier alpha value is -1.81. The second-order valence-corrected chi connectivity index (χ2v) is 6.34. The van der Waals surface area contributed by atoms with Crippen molar-refractivity contribution in [3.8, 4) is 0 Å². The first kappa shape index (κ1) is 14.1. The Morgan fingerprint density at radius 1 is 1.33 bits per heavy atom. The molecule has 0 aliphatic heterocycles. The third kappa shape index (κ3) is 2.68. The van der Waals surface area contributed by atoms with Gasteiger partial charge in [-0.15, -0.1) is 0 Å². The van der Waals surface area contributed by atoms with E-state index < -0.39 is 0 Å². The highest BCUT2D eigenvalue weighted by Crippen LogP contribution is 2.36. The number of nitrogens with one attached hydrogen (secondary N) is 1. The average Bonchev–Trinajstić information content (AvgIpc) is 2.83. The Labute approximate surface area is 132 Å². The van der Waals surface area contributed by atoms with Crippen molar-refractivity contribution in [3.63, 3.8) is 0 Å². The molecule has 0 fully saturated rings. The van der Waals surface area contributed by atoms with Crippen LogP contribution in [-0.2, 0) is 6.42 Å². The van der Waals surface area contributed by atoms with Crippen molar-refractivity contribution in [3.05, 3.63) is 63.1 Å². The largest absolute Gasteiger partial charge is 0.378 e. The van der Waals surface area contributed by atoms with Gasteiger partial charge in [0.25, 0.3) is 0 Å². The number of anilines is 1. The lowest BCUT2D eigenvalue weighted by Crippen LogP contribution is -2.15. The summed E-state index contributed by atoms with van der Waals surface area (Å²) in [6.45, 7) is 1.93. The number of aryl methyl sites for hydroxylation is 1. The summed E-state index contributed by atoms with van der Waals surface area (Å²) in [5.41, 5.74) is 10.6. The highest BCUT2D eigenvalue weighted by atomic mass is 79.9. The van der Waals surface area contributed by atoms with Crippen molar-refractivity contribution >= 4 is 27.5 Å². The molecular weight excluding hydrogens is 328 g/mol. The van der Waals surface area contributed by atoms with Crippen molar-refractivity contribution in [2.75, 3.05) is 5.32 Å². The lowest BCUT2D eigenvalue weighted by molar-refractivity contribution is 0.1000. The third-order valence-electron chi connectivity index (χ3n) is 4.11. The van der Waals surface area contributed by atoms with Gasteiger partial charge in [0.2, 0.25) is 5.91 Å². The van der Waals surface area contributed by atoms with E-state index in [1.807, 2.05) is 19.1 Å². The van der Waals surface area contributed by atoms with E-state index in [-0.39, 0.29) is 11.9 Å². The second kappa shape index (κ2) is 5.53. The van der Waals surface area contributed by atoms with Crippen LogP contribution in [-0.4, -0.2) is 5.91 Å². The van der Waals surface area contributed by atoms with Crippen molar-refractivity contribution < 1.29 is 4.79 Å². The van der Waals surface area contributed by atoms with Gasteiger partial charge in [-0.3, -0.25) is 4.79 Å². The fourth-order valence-corrected chi connectivity index (χ4v) is 3.39. The fraction of sp³-hybridized carbons (Fsp3) is 0.235. The average molecular weight is 345 g/mol. The van der Waals surface area contributed by atoms with Crippen LogP contribution < -0.4 is 11.1 Å². The summed E-state index contributed by atoms with van der Waals surface area (Å²) in [6.07, 6.45) is 2.13. The molecule has 1 aliphatic carbocycles. The summed E-state index contributed by atoms with van der Waals surface area (Å²) in [7, 11) is 0. The molecule has 0 saturated carbocycles. The molecule has 1 amide bonds. The Kier molecular flexibility index (Phi) is 3.72. The monoisotopic (exact) mass is 344 g/mol. The Balaban J connectivity index is 1.90. The molecule has 1 unspecified atom stereocenters. The second-order valence-electron chi connectivity index (χ2n) is 5.42. The fourth-order valence-electron chi connectivity index (χ4n) is 2.98. The maximum absolute atomic E-state index is 11.4. The molecule has 1 aliphatic rings. The number of carbonyl (C=O) groups excluding carboxylic acids is 1. The first-order valence-electron chi connectivity index (χ1n) is 7.00. The first-order valence-corrected chi connectivity index (χ1v) is 7.80. The van der Waals surface area contributed by atoms with Crippen LogP contribution in [0.2, 0.25) is 0 Å². The summed E-state index contributed by atoms with van der Waals surface area (Å²) in [4.78, 5) is 11.4. The summed E-state index contributed by atoms with van der Waals surface area (Å²) in [6, 6.07) is 12.3. The van der Waals surface area contributed by atoms with E-state index in [1.54, 1.807) is 6.07 Å². The van der Waals surface area contributed by atoms with E-state index >= 15 is 0 Å². The highest BCUT2D eigenvalue weighted by molar-refractivity contribution is 9.10. The minimum atomic E-state index is -0.382. The van der Waals surface area contributed by atoms with Crippen LogP contribution in [0, 0.1) is 6.92 Å². The van der Waals surface area contributed by atoms with E-state index in [2.05, 4.69) is 39.4 Å². The smallest absolute Gasteiger partial charge is 0.249 e. The molecule has 1 atom stereocenters. The minimum Gasteiger partial charge on any atom is -0.378 e. The summed E-state index contributed by atoms with van der Waals surface area (Å²) in [5, 5.41) is 3.56. The number of hydrogen-bond donors (Lipinski definition) is 2. The number of benzene rings is 2. The molecule has 3 rings (SSSR count). The topological polar surface area (TPSA) is 55.1 Å². The van der Waals surface area contributed by atoms with E-state index in [4.69, 9.17) is 5.73 Å². The summed E-state index contributed by atoms with van der Waals surface area (Å²) < 4.78 is 1.12. The van der Waals surface area contributed by atoms with Crippen LogP contribution in [0.4, 0.5) is 5.69 Å². The van der Waals surface area contributed by atoms with Gasteiger partial charge in [0, 0.05) is 15.7 Å². The van der Waals surface area contributed by atoms with Gasteiger partial charge in [0.15, 0.2) is 0 Å². The quantitative estimate of drug-likeness (QED) is 0.885. The standard InChI is InChI=1S/C17H17BrN2O/c1-10-13(17(19)21)3-2-4-15(10)20-16-8-5-11-9-12(18)6-7-14(11)16/h2-4,6-7,9,16,20H,5,8H2,1H3,(H2,19,21). The van der Waals surface area contributed by atoms with Crippen LogP contribution in [0.5, 0.6) is 0 Å². The van der Waals surface area contributed by atoms with Gasteiger partial charge in [0.1, 0.15) is 0 Å². The number of nitrogens with two attached hydrogens (primary N) is 1. The molecule has 0 bridgehead atoms. The first-order chi connectivity index (χ1) is 10.1. The van der Waals surface area contributed by atoms with E-state index in [1.165, 1.54) is 11.1 Å². The number of primary amides is 1. The molecule has 3 N–H and O–H groups in total. The van der Waals surface area contributed by atoms with Gasteiger partial charge in [-0.25, -0.2) is 0 Å². The van der Waals surface area contributed by atoms with Gasteiger partial charge < -0.3 is 11.1 Å². The molecule has 0 spiro atoms. The van der Waals surface area contributed by atoms with E-state index in [0.29, 0.717) is 5.56 Å². The summed E-state index contributed by atoms with van der Waals surface area (Å²) in [5.74, 6) is -0.382. The van der Waals surface area contributed by atoms with Crippen LogP contribution in [0.25, 0.3) is 0 Å². The SMILES string of the molecule is Cc1c(NC2CCc3cc(Br)ccc32)cccc1C(N)=O. The van der Waals surface area contributed by atoms with Gasteiger partial charge in [-0.2, -0.15) is 0 Å². The molecule has 108 valence electrons. The summed E-state index contributed by atoms with van der Waals surface area (Å²) >= 11 is 3.52. The van der Waals surface area contributed by atoms with Gasteiger partial charge in [-0.05, 0) is 60.7 Å². The molecular formula is C17H17BrN2O. The zero-order valence-electron chi connectivity index (χ0n) is 11.8. The number of amides is 1. The molecule has 0 radical (unpaired) electrons.